The van der Waals surface area contributed by atoms with Gasteiger partial charge in [-0.1, -0.05) is 23.1 Å². The molecule has 3 aromatic rings. The van der Waals surface area contributed by atoms with E-state index in [2.05, 4.69) is 20.6 Å². The number of nitrogens with one attached hydrogen (secondary N) is 1. The van der Waals surface area contributed by atoms with Gasteiger partial charge in [-0.3, -0.25) is 19.7 Å². The molecule has 0 aliphatic rings. The first kappa shape index (κ1) is 17.0. The third kappa shape index (κ3) is 3.80. The predicted octanol–water partition coefficient (Wildman–Crippen LogP) is 1.49. The molecule has 0 saturated carbocycles. The number of nitro benzene ring substituents is 1. The van der Waals surface area contributed by atoms with Gasteiger partial charge >= 0.3 is 0 Å². The molecule has 0 saturated heterocycles. The maximum absolute atomic E-state index is 12.0. The van der Waals surface area contributed by atoms with Gasteiger partial charge in [0.25, 0.3) is 11.2 Å². The molecule has 128 valence electrons. The minimum Gasteiger partial charge on any atom is -0.325 e. The van der Waals surface area contributed by atoms with Crippen LogP contribution in [0.2, 0.25) is 0 Å². The fraction of sp³-hybridized carbons (Fsp3) is 0.154. The van der Waals surface area contributed by atoms with Crippen LogP contribution in [0.15, 0.2) is 33.4 Å². The van der Waals surface area contributed by atoms with E-state index in [0.717, 1.165) is 27.6 Å². The Kier molecular flexibility index (Phi) is 4.72. The third-order valence-corrected chi connectivity index (χ3v) is 5.05. The average molecular weight is 378 g/mol. The smallest absolute Gasteiger partial charge is 0.296 e. The predicted molar refractivity (Wildman–Crippen MR) is 92.1 cm³/mol. The highest BCUT2D eigenvalue weighted by molar-refractivity contribution is 8.01. The molecule has 1 aromatic carbocycles. The summed E-state index contributed by atoms with van der Waals surface area (Å²) in [5, 5.41) is 25.0. The molecule has 0 fully saturated rings. The van der Waals surface area contributed by atoms with E-state index in [1.807, 2.05) is 0 Å². The number of non-ortho nitro benzene ring substituents is 1. The van der Waals surface area contributed by atoms with Crippen molar-refractivity contribution in [3.63, 3.8) is 0 Å². The standard InChI is InChI=1S/C13H10N6O4S2/c1-7-11(21)18-12(16-15-7)25-13(17-18)24-6-10(20)14-8-2-4-9(5-3-8)19(22)23/h2-5H,6H2,1H3,(H,14,20). The first-order valence-electron chi connectivity index (χ1n) is 6.84. The lowest BCUT2D eigenvalue weighted by atomic mass is 10.3. The number of aromatic nitrogens is 4. The van der Waals surface area contributed by atoms with E-state index < -0.39 is 4.92 Å². The molecule has 0 bridgehead atoms. The molecule has 0 aliphatic heterocycles. The quantitative estimate of drug-likeness (QED) is 0.401. The van der Waals surface area contributed by atoms with E-state index in [0.29, 0.717) is 15.0 Å². The fourth-order valence-corrected chi connectivity index (χ4v) is 3.50. The maximum Gasteiger partial charge on any atom is 0.296 e. The largest absolute Gasteiger partial charge is 0.325 e. The van der Waals surface area contributed by atoms with Gasteiger partial charge in [0.2, 0.25) is 10.9 Å². The van der Waals surface area contributed by atoms with Gasteiger partial charge < -0.3 is 5.32 Å². The average Bonchev–Trinajstić information content (AvgIpc) is 3.01. The van der Waals surface area contributed by atoms with Crippen LogP contribution in [0.1, 0.15) is 5.69 Å². The summed E-state index contributed by atoms with van der Waals surface area (Å²) in [6, 6.07) is 5.53. The Hall–Kier alpha value is -2.86. The molecular weight excluding hydrogens is 368 g/mol. The molecule has 1 amide bonds. The minimum absolute atomic E-state index is 0.0521. The molecule has 3 rings (SSSR count). The number of thioether (sulfide) groups is 1. The van der Waals surface area contributed by atoms with Crippen molar-refractivity contribution in [1.29, 1.82) is 0 Å². The number of nitro groups is 1. The summed E-state index contributed by atoms with van der Waals surface area (Å²) >= 11 is 2.32. The van der Waals surface area contributed by atoms with E-state index in [1.165, 1.54) is 24.3 Å². The molecule has 0 spiro atoms. The summed E-state index contributed by atoms with van der Waals surface area (Å²) in [5.41, 5.74) is 0.306. The number of anilines is 1. The van der Waals surface area contributed by atoms with Crippen LogP contribution < -0.4 is 10.9 Å². The van der Waals surface area contributed by atoms with Crippen molar-refractivity contribution >= 4 is 45.3 Å². The first-order valence-corrected chi connectivity index (χ1v) is 8.64. The number of carbonyl (C=O) groups is 1. The van der Waals surface area contributed by atoms with Crippen molar-refractivity contribution in [3.8, 4) is 0 Å². The summed E-state index contributed by atoms with van der Waals surface area (Å²) in [7, 11) is 0. The van der Waals surface area contributed by atoms with Crippen LogP contribution in [0.25, 0.3) is 4.96 Å². The summed E-state index contributed by atoms with van der Waals surface area (Å²) in [5.74, 6) is -0.231. The molecule has 0 aliphatic carbocycles. The van der Waals surface area contributed by atoms with Gasteiger partial charge in [-0.2, -0.15) is 4.52 Å². The topological polar surface area (TPSA) is 132 Å². The number of hydrogen-bond acceptors (Lipinski definition) is 9. The Morgan fingerprint density at radius 2 is 2.08 bits per heavy atom. The zero-order chi connectivity index (χ0) is 18.0. The van der Waals surface area contributed by atoms with Crippen LogP contribution in [0.3, 0.4) is 0 Å². The lowest BCUT2D eigenvalue weighted by Crippen LogP contribution is -2.19. The molecule has 25 heavy (non-hydrogen) atoms. The summed E-state index contributed by atoms with van der Waals surface area (Å²) in [6.07, 6.45) is 0. The van der Waals surface area contributed by atoms with E-state index in [1.54, 1.807) is 6.92 Å². The van der Waals surface area contributed by atoms with Crippen molar-refractivity contribution in [2.24, 2.45) is 0 Å². The number of amides is 1. The van der Waals surface area contributed by atoms with E-state index in [-0.39, 0.29) is 28.6 Å². The Morgan fingerprint density at radius 3 is 2.76 bits per heavy atom. The second-order valence-corrected chi connectivity index (χ2v) is 6.97. The molecule has 12 heteroatoms. The Bertz CT molecular complexity index is 1010. The number of hydrogen-bond donors (Lipinski definition) is 1. The second-order valence-electron chi connectivity index (χ2n) is 4.79. The zero-order valence-electron chi connectivity index (χ0n) is 12.7. The van der Waals surface area contributed by atoms with Gasteiger partial charge in [0, 0.05) is 17.8 Å². The van der Waals surface area contributed by atoms with Crippen molar-refractivity contribution in [1.82, 2.24) is 19.8 Å². The van der Waals surface area contributed by atoms with E-state index in [9.17, 15) is 19.7 Å². The van der Waals surface area contributed by atoms with Crippen molar-refractivity contribution < 1.29 is 9.72 Å². The van der Waals surface area contributed by atoms with Crippen LogP contribution in [0.5, 0.6) is 0 Å². The van der Waals surface area contributed by atoms with Crippen LogP contribution in [-0.4, -0.2) is 36.4 Å². The Balaban J connectivity index is 1.63. The van der Waals surface area contributed by atoms with E-state index in [4.69, 9.17) is 0 Å². The van der Waals surface area contributed by atoms with Crippen LogP contribution >= 0.6 is 23.1 Å². The van der Waals surface area contributed by atoms with Gasteiger partial charge in [0.05, 0.1) is 10.7 Å². The second kappa shape index (κ2) is 6.94. The molecule has 2 aromatic heterocycles. The monoisotopic (exact) mass is 378 g/mol. The highest BCUT2D eigenvalue weighted by Crippen LogP contribution is 2.23. The van der Waals surface area contributed by atoms with Gasteiger partial charge in [-0.15, -0.1) is 15.3 Å². The lowest BCUT2D eigenvalue weighted by molar-refractivity contribution is -0.384. The van der Waals surface area contributed by atoms with E-state index >= 15 is 0 Å². The molecule has 0 atom stereocenters. The summed E-state index contributed by atoms with van der Waals surface area (Å²) in [4.78, 5) is 34.3. The number of fused-ring (bicyclic) bond motifs is 1. The van der Waals surface area contributed by atoms with Crippen LogP contribution in [-0.2, 0) is 4.79 Å². The highest BCUT2D eigenvalue weighted by Gasteiger charge is 2.12. The Labute approximate surface area is 148 Å². The SMILES string of the molecule is Cc1nnc2sc(SCC(=O)Nc3ccc([N+](=O)[O-])cc3)nn2c1=O. The van der Waals surface area contributed by atoms with Crippen LogP contribution in [0, 0.1) is 17.0 Å². The number of carbonyl (C=O) groups excluding carboxylic acids is 1. The van der Waals surface area contributed by atoms with Crippen molar-refractivity contribution in [2.75, 3.05) is 11.1 Å². The molecule has 0 unspecified atom stereocenters. The van der Waals surface area contributed by atoms with Crippen molar-refractivity contribution in [2.45, 2.75) is 11.3 Å². The zero-order valence-corrected chi connectivity index (χ0v) is 14.3. The maximum atomic E-state index is 12.0. The number of aryl methyl sites for hydroxylation is 1. The first-order chi connectivity index (χ1) is 11.9. The van der Waals surface area contributed by atoms with Crippen molar-refractivity contribution in [3.05, 3.63) is 50.4 Å². The number of rotatable bonds is 5. The minimum atomic E-state index is -0.513. The summed E-state index contributed by atoms with van der Waals surface area (Å²) < 4.78 is 1.67. The third-order valence-electron chi connectivity index (χ3n) is 3.02. The normalized spacial score (nSPS) is 10.8. The number of benzene rings is 1. The van der Waals surface area contributed by atoms with Gasteiger partial charge in [-0.25, -0.2) is 0 Å². The highest BCUT2D eigenvalue weighted by atomic mass is 32.2. The lowest BCUT2D eigenvalue weighted by Gasteiger charge is -2.03. The fourth-order valence-electron chi connectivity index (χ4n) is 1.82. The van der Waals surface area contributed by atoms with Crippen LogP contribution in [0.4, 0.5) is 11.4 Å². The van der Waals surface area contributed by atoms with Gasteiger partial charge in [0.1, 0.15) is 5.69 Å². The molecule has 1 N–H and O–H groups in total. The number of nitrogens with zero attached hydrogens (tertiary/aromatic N) is 5. The molecule has 2 heterocycles. The molecular formula is C13H10N6O4S2. The van der Waals surface area contributed by atoms with Gasteiger partial charge in [-0.05, 0) is 19.1 Å². The molecule has 10 nitrogen and oxygen atoms in total. The molecule has 0 radical (unpaired) electrons. The summed E-state index contributed by atoms with van der Waals surface area (Å²) in [6.45, 7) is 1.55. The van der Waals surface area contributed by atoms with Gasteiger partial charge in [0.15, 0.2) is 4.34 Å². The Morgan fingerprint density at radius 1 is 1.36 bits per heavy atom.